The van der Waals surface area contributed by atoms with E-state index in [2.05, 4.69) is 15.9 Å². The van der Waals surface area contributed by atoms with Crippen LogP contribution in [0.25, 0.3) is 0 Å². The number of methoxy groups -OCH3 is 1. The minimum atomic E-state index is -0.355. The van der Waals surface area contributed by atoms with Crippen LogP contribution in [0.4, 0.5) is 5.69 Å². The van der Waals surface area contributed by atoms with Gasteiger partial charge in [0.25, 0.3) is 0 Å². The van der Waals surface area contributed by atoms with E-state index in [-0.39, 0.29) is 5.97 Å². The number of hydrogen-bond acceptors (Lipinski definition) is 5. The minimum absolute atomic E-state index is 0.355. The summed E-state index contributed by atoms with van der Waals surface area (Å²) in [7, 11) is 1.38. The summed E-state index contributed by atoms with van der Waals surface area (Å²) in [6.45, 7) is 4.23. The van der Waals surface area contributed by atoms with Crippen molar-refractivity contribution in [1.82, 2.24) is 4.90 Å². The zero-order chi connectivity index (χ0) is 16.2. The lowest BCUT2D eigenvalue weighted by molar-refractivity contribution is 0.0596. The van der Waals surface area contributed by atoms with Crippen LogP contribution < -0.4 is 4.90 Å². The van der Waals surface area contributed by atoms with Gasteiger partial charge in [0.1, 0.15) is 11.3 Å². The van der Waals surface area contributed by atoms with E-state index in [9.17, 15) is 4.79 Å². The van der Waals surface area contributed by atoms with Crippen LogP contribution in [0.3, 0.4) is 0 Å². The number of anilines is 1. The number of halogens is 1. The first-order valence-corrected chi connectivity index (χ1v) is 7.92. The first-order valence-electron chi connectivity index (χ1n) is 7.55. The van der Waals surface area contributed by atoms with Gasteiger partial charge in [0.05, 0.1) is 19.9 Å². The molecule has 1 fully saturated rings. The molecule has 5 nitrogen and oxygen atoms in total. The highest BCUT2D eigenvalue weighted by Gasteiger charge is 2.21. The minimum Gasteiger partial charge on any atom is -0.467 e. The fraction of sp³-hybridized carbons (Fsp3) is 0.353. The second kappa shape index (κ2) is 7.06. The van der Waals surface area contributed by atoms with E-state index in [1.165, 1.54) is 13.4 Å². The van der Waals surface area contributed by atoms with Crippen LogP contribution in [-0.2, 0) is 11.3 Å². The maximum absolute atomic E-state index is 11.7. The Morgan fingerprint density at radius 2 is 2.04 bits per heavy atom. The van der Waals surface area contributed by atoms with Crippen molar-refractivity contribution >= 4 is 23.3 Å². The van der Waals surface area contributed by atoms with Crippen LogP contribution in [0.2, 0.25) is 5.02 Å². The largest absolute Gasteiger partial charge is 0.467 e. The zero-order valence-corrected chi connectivity index (χ0v) is 13.8. The summed E-state index contributed by atoms with van der Waals surface area (Å²) < 4.78 is 10.2. The monoisotopic (exact) mass is 334 g/mol. The Kier molecular flexibility index (Phi) is 4.88. The Balaban J connectivity index is 1.59. The molecule has 1 aliphatic heterocycles. The Morgan fingerprint density at radius 3 is 2.74 bits per heavy atom. The van der Waals surface area contributed by atoms with Gasteiger partial charge < -0.3 is 14.1 Å². The lowest BCUT2D eigenvalue weighted by Crippen LogP contribution is -2.46. The van der Waals surface area contributed by atoms with E-state index in [0.29, 0.717) is 17.9 Å². The van der Waals surface area contributed by atoms with E-state index in [0.717, 1.165) is 36.9 Å². The van der Waals surface area contributed by atoms with Gasteiger partial charge in [-0.25, -0.2) is 4.79 Å². The molecule has 6 heteroatoms. The van der Waals surface area contributed by atoms with Crippen molar-refractivity contribution in [3.63, 3.8) is 0 Å². The van der Waals surface area contributed by atoms with Gasteiger partial charge in [-0.1, -0.05) is 17.7 Å². The molecule has 122 valence electrons. The second-order valence-corrected chi connectivity index (χ2v) is 5.93. The number of esters is 1. The molecule has 0 spiro atoms. The van der Waals surface area contributed by atoms with Gasteiger partial charge in [-0.3, -0.25) is 4.90 Å². The molecule has 3 rings (SSSR count). The maximum Gasteiger partial charge on any atom is 0.341 e. The number of nitrogens with zero attached hydrogens (tertiary/aromatic N) is 2. The van der Waals surface area contributed by atoms with Crippen molar-refractivity contribution in [2.75, 3.05) is 38.2 Å². The first-order chi connectivity index (χ1) is 11.2. The average Bonchev–Trinajstić information content (AvgIpc) is 3.03. The average molecular weight is 335 g/mol. The lowest BCUT2D eigenvalue weighted by Gasteiger charge is -2.35. The third-order valence-corrected chi connectivity index (χ3v) is 4.30. The van der Waals surface area contributed by atoms with Crippen LogP contribution in [0, 0.1) is 0 Å². The summed E-state index contributed by atoms with van der Waals surface area (Å²) in [5.74, 6) is 0.305. The maximum atomic E-state index is 11.7. The van der Waals surface area contributed by atoms with E-state index in [4.69, 9.17) is 20.8 Å². The fourth-order valence-corrected chi connectivity index (χ4v) is 2.98. The van der Waals surface area contributed by atoms with Crippen molar-refractivity contribution in [3.05, 3.63) is 52.9 Å². The molecular weight excluding hydrogens is 316 g/mol. The Morgan fingerprint density at radius 1 is 1.26 bits per heavy atom. The van der Waals surface area contributed by atoms with Crippen molar-refractivity contribution in [3.8, 4) is 0 Å². The van der Waals surface area contributed by atoms with Crippen molar-refractivity contribution in [1.29, 1.82) is 0 Å². The molecule has 0 unspecified atom stereocenters. The third kappa shape index (κ3) is 3.68. The number of carbonyl (C=O) groups excluding carboxylic acids is 1. The number of benzene rings is 1. The van der Waals surface area contributed by atoms with E-state index >= 15 is 0 Å². The Hall–Kier alpha value is -1.98. The molecular formula is C17H19ClN2O3. The van der Waals surface area contributed by atoms with Crippen molar-refractivity contribution < 1.29 is 13.9 Å². The van der Waals surface area contributed by atoms with Gasteiger partial charge in [-0.15, -0.1) is 0 Å². The SMILES string of the molecule is COC(=O)c1ccoc1CN1CCN(c2cccc(Cl)c2)CC1. The van der Waals surface area contributed by atoms with Crippen molar-refractivity contribution in [2.45, 2.75) is 6.54 Å². The zero-order valence-electron chi connectivity index (χ0n) is 13.0. The van der Waals surface area contributed by atoms with Crippen LogP contribution >= 0.6 is 11.6 Å². The number of rotatable bonds is 4. The predicted octanol–water partition coefficient (Wildman–Crippen LogP) is 3.04. The second-order valence-electron chi connectivity index (χ2n) is 5.49. The molecule has 0 atom stereocenters. The fourth-order valence-electron chi connectivity index (χ4n) is 2.79. The van der Waals surface area contributed by atoms with Crippen LogP contribution in [0.5, 0.6) is 0 Å². The molecule has 0 aliphatic carbocycles. The highest BCUT2D eigenvalue weighted by molar-refractivity contribution is 6.30. The molecule has 0 radical (unpaired) electrons. The quantitative estimate of drug-likeness (QED) is 0.804. The molecule has 0 saturated carbocycles. The normalized spacial score (nSPS) is 15.7. The molecule has 1 aromatic carbocycles. The smallest absolute Gasteiger partial charge is 0.341 e. The Bertz CT molecular complexity index is 678. The van der Waals surface area contributed by atoms with Crippen LogP contribution in [-0.4, -0.2) is 44.2 Å². The number of ether oxygens (including phenoxy) is 1. The van der Waals surface area contributed by atoms with Gasteiger partial charge in [-0.05, 0) is 24.3 Å². The number of hydrogen-bond donors (Lipinski definition) is 0. The number of carbonyl (C=O) groups is 1. The highest BCUT2D eigenvalue weighted by atomic mass is 35.5. The lowest BCUT2D eigenvalue weighted by atomic mass is 10.2. The third-order valence-electron chi connectivity index (χ3n) is 4.06. The molecule has 1 aromatic heterocycles. The highest BCUT2D eigenvalue weighted by Crippen LogP contribution is 2.22. The first kappa shape index (κ1) is 15.9. The molecule has 1 saturated heterocycles. The summed E-state index contributed by atoms with van der Waals surface area (Å²) in [6, 6.07) is 9.56. The Labute approximate surface area is 140 Å². The van der Waals surface area contributed by atoms with Crippen molar-refractivity contribution in [2.24, 2.45) is 0 Å². The molecule has 2 heterocycles. The van der Waals surface area contributed by atoms with E-state index in [1.54, 1.807) is 6.07 Å². The molecule has 0 amide bonds. The van der Waals surface area contributed by atoms with Gasteiger partial charge in [0.15, 0.2) is 0 Å². The summed E-state index contributed by atoms with van der Waals surface area (Å²) in [5.41, 5.74) is 1.65. The summed E-state index contributed by atoms with van der Waals surface area (Å²) >= 11 is 6.06. The molecule has 2 aromatic rings. The number of piperazine rings is 1. The topological polar surface area (TPSA) is 45.9 Å². The standard InChI is InChI=1S/C17H19ClN2O3/c1-22-17(21)15-5-10-23-16(15)12-19-6-8-20(9-7-19)14-4-2-3-13(18)11-14/h2-5,10-11H,6-9,12H2,1H3. The van der Waals surface area contributed by atoms with Crippen LogP contribution in [0.1, 0.15) is 16.1 Å². The molecule has 23 heavy (non-hydrogen) atoms. The van der Waals surface area contributed by atoms with E-state index in [1.807, 2.05) is 18.2 Å². The van der Waals surface area contributed by atoms with Gasteiger partial charge in [0.2, 0.25) is 0 Å². The summed E-state index contributed by atoms with van der Waals surface area (Å²) in [6.07, 6.45) is 1.53. The van der Waals surface area contributed by atoms with Gasteiger partial charge >= 0.3 is 5.97 Å². The summed E-state index contributed by atoms with van der Waals surface area (Å²) in [5, 5.41) is 0.753. The van der Waals surface area contributed by atoms with Gasteiger partial charge in [-0.2, -0.15) is 0 Å². The number of furan rings is 1. The molecule has 0 bridgehead atoms. The van der Waals surface area contributed by atoms with E-state index < -0.39 is 0 Å². The summed E-state index contributed by atoms with van der Waals surface area (Å²) in [4.78, 5) is 16.3. The van der Waals surface area contributed by atoms with Crippen LogP contribution in [0.15, 0.2) is 41.0 Å². The predicted molar refractivity (Wildman–Crippen MR) is 89.0 cm³/mol. The molecule has 0 N–H and O–H groups in total. The molecule has 1 aliphatic rings. The van der Waals surface area contributed by atoms with Gasteiger partial charge in [0, 0.05) is 36.9 Å².